The molecule has 0 spiro atoms. The van der Waals surface area contributed by atoms with Gasteiger partial charge in [0.05, 0.1) is 5.25 Å². The molecule has 0 aromatic rings. The Morgan fingerprint density at radius 1 is 1.64 bits per heavy atom. The summed E-state index contributed by atoms with van der Waals surface area (Å²) < 4.78 is 0. The Balaban J connectivity index is 2.19. The number of rotatable bonds is 3. The van der Waals surface area contributed by atoms with E-state index in [9.17, 15) is 4.79 Å². The van der Waals surface area contributed by atoms with Crippen molar-refractivity contribution in [3.8, 4) is 0 Å². The van der Waals surface area contributed by atoms with Crippen molar-refractivity contribution >= 4 is 17.7 Å². The fourth-order valence-electron chi connectivity index (χ4n) is 0.978. The predicted octanol–water partition coefficient (Wildman–Crippen LogP) is 1.41. The summed E-state index contributed by atoms with van der Waals surface area (Å²) in [6.07, 6.45) is 5.59. The number of carbonyl (C=O) groups is 1. The molecule has 64 valence electrons. The molecule has 3 heteroatoms. The first-order valence-corrected chi connectivity index (χ1v) is 5.36. The molecule has 0 heterocycles. The van der Waals surface area contributed by atoms with Gasteiger partial charge >= 0.3 is 0 Å². The average molecular weight is 173 g/mol. The van der Waals surface area contributed by atoms with Gasteiger partial charge < -0.3 is 5.32 Å². The molecule has 1 saturated carbocycles. The van der Waals surface area contributed by atoms with Gasteiger partial charge in [-0.1, -0.05) is 0 Å². The first-order valence-electron chi connectivity index (χ1n) is 4.07. The van der Waals surface area contributed by atoms with E-state index in [2.05, 4.69) is 5.32 Å². The van der Waals surface area contributed by atoms with Gasteiger partial charge in [-0.2, -0.15) is 11.8 Å². The van der Waals surface area contributed by atoms with E-state index >= 15 is 0 Å². The van der Waals surface area contributed by atoms with E-state index in [0.29, 0.717) is 6.04 Å². The number of nitrogens with one attached hydrogen (secondary N) is 1. The molecule has 11 heavy (non-hydrogen) atoms. The fourth-order valence-corrected chi connectivity index (χ4v) is 1.26. The minimum Gasteiger partial charge on any atom is -0.352 e. The predicted molar refractivity (Wildman–Crippen MR) is 48.8 cm³/mol. The second kappa shape index (κ2) is 4.00. The summed E-state index contributed by atoms with van der Waals surface area (Å²) in [7, 11) is 0. The molecule has 1 aliphatic rings. The molecule has 1 atom stereocenters. The van der Waals surface area contributed by atoms with E-state index in [4.69, 9.17) is 0 Å². The van der Waals surface area contributed by atoms with Gasteiger partial charge in [0.25, 0.3) is 0 Å². The standard InChI is InChI=1S/C8H15NOS/c1-6(11-2)8(10)9-7-4-3-5-7/h6-7H,3-5H2,1-2H3,(H,9,10)/t6-/m0/s1. The number of amides is 1. The van der Waals surface area contributed by atoms with Crippen molar-refractivity contribution in [1.82, 2.24) is 5.32 Å². The van der Waals surface area contributed by atoms with Crippen LogP contribution in [0.5, 0.6) is 0 Å². The average Bonchev–Trinajstić information content (AvgIpc) is 1.94. The van der Waals surface area contributed by atoms with Gasteiger partial charge in [-0.15, -0.1) is 0 Å². The normalized spacial score (nSPS) is 20.5. The molecule has 1 fully saturated rings. The molecule has 1 N–H and O–H groups in total. The zero-order chi connectivity index (χ0) is 8.27. The lowest BCUT2D eigenvalue weighted by Gasteiger charge is -2.27. The first kappa shape index (κ1) is 8.91. The van der Waals surface area contributed by atoms with Gasteiger partial charge in [0.15, 0.2) is 0 Å². The lowest BCUT2D eigenvalue weighted by Crippen LogP contribution is -2.42. The van der Waals surface area contributed by atoms with Gasteiger partial charge in [0.2, 0.25) is 5.91 Å². The van der Waals surface area contributed by atoms with Crippen molar-refractivity contribution < 1.29 is 4.79 Å². The summed E-state index contributed by atoms with van der Waals surface area (Å²) in [6, 6.07) is 0.483. The molecule has 0 radical (unpaired) electrons. The van der Waals surface area contributed by atoms with Crippen LogP contribution in [0.3, 0.4) is 0 Å². The van der Waals surface area contributed by atoms with Gasteiger partial charge in [-0.05, 0) is 32.4 Å². The van der Waals surface area contributed by atoms with Crippen LogP contribution in [0.4, 0.5) is 0 Å². The first-order chi connectivity index (χ1) is 5.24. The summed E-state index contributed by atoms with van der Waals surface area (Å²) in [5, 5.41) is 3.11. The van der Waals surface area contributed by atoms with Gasteiger partial charge in [-0.25, -0.2) is 0 Å². The largest absolute Gasteiger partial charge is 0.352 e. The topological polar surface area (TPSA) is 29.1 Å². The summed E-state index contributed by atoms with van der Waals surface area (Å²) >= 11 is 1.60. The summed E-state index contributed by atoms with van der Waals surface area (Å²) in [5.74, 6) is 0.196. The maximum atomic E-state index is 11.2. The maximum Gasteiger partial charge on any atom is 0.233 e. The number of hydrogen-bond acceptors (Lipinski definition) is 2. The lowest BCUT2D eigenvalue weighted by atomic mass is 9.93. The molecule has 2 nitrogen and oxygen atoms in total. The highest BCUT2D eigenvalue weighted by Crippen LogP contribution is 2.18. The van der Waals surface area contributed by atoms with Crippen molar-refractivity contribution in [3.63, 3.8) is 0 Å². The third-order valence-corrected chi connectivity index (χ3v) is 3.10. The minimum absolute atomic E-state index is 0.107. The summed E-state index contributed by atoms with van der Waals surface area (Å²) in [4.78, 5) is 11.2. The quantitative estimate of drug-likeness (QED) is 0.699. The molecule has 1 aliphatic carbocycles. The Bertz CT molecular complexity index is 145. The molecule has 0 aliphatic heterocycles. The SMILES string of the molecule is CS[C@@H](C)C(=O)NC1CCC1. The highest BCUT2D eigenvalue weighted by molar-refractivity contribution is 7.99. The Labute approximate surface area is 72.1 Å². The van der Waals surface area contributed by atoms with Crippen LogP contribution in [0, 0.1) is 0 Å². The maximum absolute atomic E-state index is 11.2. The molecule has 1 amide bonds. The molecule has 0 aromatic carbocycles. The molecular weight excluding hydrogens is 158 g/mol. The van der Waals surface area contributed by atoms with Crippen molar-refractivity contribution in [2.24, 2.45) is 0 Å². The highest BCUT2D eigenvalue weighted by Gasteiger charge is 2.21. The molecular formula is C8H15NOS. The van der Waals surface area contributed by atoms with Crippen LogP contribution in [0.2, 0.25) is 0 Å². The number of hydrogen-bond donors (Lipinski definition) is 1. The van der Waals surface area contributed by atoms with Crippen molar-refractivity contribution in [3.05, 3.63) is 0 Å². The van der Waals surface area contributed by atoms with E-state index < -0.39 is 0 Å². The smallest absolute Gasteiger partial charge is 0.233 e. The Morgan fingerprint density at radius 2 is 2.27 bits per heavy atom. The Kier molecular flexibility index (Phi) is 3.24. The number of thioether (sulfide) groups is 1. The van der Waals surface area contributed by atoms with Crippen LogP contribution >= 0.6 is 11.8 Å². The zero-order valence-electron chi connectivity index (χ0n) is 7.09. The second-order valence-corrected chi connectivity index (χ2v) is 4.19. The second-order valence-electron chi connectivity index (χ2n) is 3.01. The fraction of sp³-hybridized carbons (Fsp3) is 0.875. The van der Waals surface area contributed by atoms with Crippen LogP contribution in [-0.4, -0.2) is 23.5 Å². The van der Waals surface area contributed by atoms with Crippen LogP contribution in [-0.2, 0) is 4.79 Å². The molecule has 1 rings (SSSR count). The van der Waals surface area contributed by atoms with Crippen molar-refractivity contribution in [2.75, 3.05) is 6.26 Å². The van der Waals surface area contributed by atoms with Crippen molar-refractivity contribution in [2.45, 2.75) is 37.5 Å². The third kappa shape index (κ3) is 2.40. The van der Waals surface area contributed by atoms with Gasteiger partial charge in [0.1, 0.15) is 0 Å². The Morgan fingerprint density at radius 3 is 2.64 bits per heavy atom. The van der Waals surface area contributed by atoms with E-state index in [1.165, 1.54) is 19.3 Å². The third-order valence-electron chi connectivity index (χ3n) is 2.17. The van der Waals surface area contributed by atoms with Gasteiger partial charge in [0, 0.05) is 6.04 Å². The van der Waals surface area contributed by atoms with Gasteiger partial charge in [-0.3, -0.25) is 4.79 Å². The lowest BCUT2D eigenvalue weighted by molar-refractivity contribution is -0.121. The highest BCUT2D eigenvalue weighted by atomic mass is 32.2. The van der Waals surface area contributed by atoms with Crippen molar-refractivity contribution in [1.29, 1.82) is 0 Å². The molecule has 0 saturated heterocycles. The van der Waals surface area contributed by atoms with Crippen LogP contribution in [0.15, 0.2) is 0 Å². The van der Waals surface area contributed by atoms with E-state index in [-0.39, 0.29) is 11.2 Å². The Hall–Kier alpha value is -0.180. The van der Waals surface area contributed by atoms with E-state index in [1.807, 2.05) is 13.2 Å². The van der Waals surface area contributed by atoms with E-state index in [0.717, 1.165) is 0 Å². The van der Waals surface area contributed by atoms with Crippen LogP contribution < -0.4 is 5.32 Å². The summed E-state index contributed by atoms with van der Waals surface area (Å²) in [6.45, 7) is 1.94. The molecule has 0 unspecified atom stereocenters. The minimum atomic E-state index is 0.107. The molecule has 0 aromatic heterocycles. The zero-order valence-corrected chi connectivity index (χ0v) is 7.91. The number of carbonyl (C=O) groups excluding carboxylic acids is 1. The molecule has 0 bridgehead atoms. The van der Waals surface area contributed by atoms with Crippen LogP contribution in [0.1, 0.15) is 26.2 Å². The van der Waals surface area contributed by atoms with E-state index in [1.54, 1.807) is 11.8 Å². The summed E-state index contributed by atoms with van der Waals surface area (Å²) in [5.41, 5.74) is 0. The monoisotopic (exact) mass is 173 g/mol. The van der Waals surface area contributed by atoms with Crippen LogP contribution in [0.25, 0.3) is 0 Å².